The number of hydrogen-bond acceptors (Lipinski definition) is 5. The molecular formula is C10H16N2O3S. The van der Waals surface area contributed by atoms with E-state index in [0.29, 0.717) is 11.8 Å². The molecule has 1 fully saturated rings. The van der Waals surface area contributed by atoms with E-state index in [2.05, 4.69) is 10.3 Å². The van der Waals surface area contributed by atoms with Gasteiger partial charge in [-0.15, -0.1) is 0 Å². The van der Waals surface area contributed by atoms with E-state index in [1.807, 2.05) is 6.92 Å². The first-order valence-electron chi connectivity index (χ1n) is 5.61. The van der Waals surface area contributed by atoms with Gasteiger partial charge in [0.05, 0.1) is 6.04 Å². The molecule has 1 saturated heterocycles. The Labute approximate surface area is 99.0 Å². The van der Waals surface area contributed by atoms with Gasteiger partial charge in [0.2, 0.25) is 0 Å². The minimum atomic E-state index is -0.424. The van der Waals surface area contributed by atoms with Crippen molar-refractivity contribution >= 4 is 23.1 Å². The van der Waals surface area contributed by atoms with Crippen LogP contribution in [0.2, 0.25) is 0 Å². The second-order valence-corrected chi connectivity index (χ2v) is 4.83. The number of amides is 1. The number of nitrogens with zero attached hydrogens (tertiary/aromatic N) is 1. The predicted octanol–water partition coefficient (Wildman–Crippen LogP) is 1.73. The Morgan fingerprint density at radius 1 is 1.75 bits per heavy atom. The van der Waals surface area contributed by atoms with Gasteiger partial charge in [-0.3, -0.25) is 0 Å². The van der Waals surface area contributed by atoms with Crippen LogP contribution in [0.1, 0.15) is 26.2 Å². The molecule has 0 aromatic carbocycles. The zero-order chi connectivity index (χ0) is 11.4. The summed E-state index contributed by atoms with van der Waals surface area (Å²) in [6.07, 6.45) is 2.51. The largest absolute Gasteiger partial charge is 0.414 e. The number of rotatable bonds is 2. The fraction of sp³-hybridized carbons (Fsp3) is 0.800. The summed E-state index contributed by atoms with van der Waals surface area (Å²) in [7, 11) is 0. The SMILES string of the molecule is CCCNC(=O)OC1=NC2CCCOC2S1. The fourth-order valence-corrected chi connectivity index (χ4v) is 2.67. The standard InChI is InChI=1S/C10H16N2O3S/c1-2-5-11-9(13)15-10-12-7-4-3-6-14-8(7)16-10/h7-8H,2-6H2,1H3,(H,11,13). The zero-order valence-corrected chi connectivity index (χ0v) is 10.1. The van der Waals surface area contributed by atoms with Gasteiger partial charge >= 0.3 is 6.09 Å². The number of aliphatic imine (C=N–C) groups is 1. The maximum Gasteiger partial charge on any atom is 0.414 e. The molecule has 2 aliphatic heterocycles. The lowest BCUT2D eigenvalue weighted by Crippen LogP contribution is -2.27. The number of ether oxygens (including phenoxy) is 2. The van der Waals surface area contributed by atoms with E-state index in [4.69, 9.17) is 9.47 Å². The van der Waals surface area contributed by atoms with E-state index in [1.54, 1.807) is 0 Å². The maximum atomic E-state index is 11.3. The summed E-state index contributed by atoms with van der Waals surface area (Å²) in [5.41, 5.74) is 0.0442. The molecule has 0 bridgehead atoms. The van der Waals surface area contributed by atoms with Gasteiger partial charge in [-0.2, -0.15) is 0 Å². The second-order valence-electron chi connectivity index (χ2n) is 3.78. The normalized spacial score (nSPS) is 28.2. The summed E-state index contributed by atoms with van der Waals surface area (Å²) in [6, 6.07) is 0.160. The summed E-state index contributed by atoms with van der Waals surface area (Å²) in [6.45, 7) is 3.39. The van der Waals surface area contributed by atoms with E-state index in [-0.39, 0.29) is 11.5 Å². The Morgan fingerprint density at radius 3 is 3.38 bits per heavy atom. The molecule has 0 spiro atoms. The third-order valence-electron chi connectivity index (χ3n) is 2.43. The average molecular weight is 244 g/mol. The summed E-state index contributed by atoms with van der Waals surface area (Å²) in [5.74, 6) is 0. The van der Waals surface area contributed by atoms with Crippen molar-refractivity contribution in [1.82, 2.24) is 5.32 Å². The van der Waals surface area contributed by atoms with Gasteiger partial charge in [-0.05, 0) is 31.0 Å². The molecule has 2 atom stereocenters. The Bertz CT molecular complexity index is 296. The molecule has 1 N–H and O–H groups in total. The van der Waals surface area contributed by atoms with E-state index in [9.17, 15) is 4.79 Å². The molecule has 2 heterocycles. The molecular weight excluding hydrogens is 228 g/mol. The third-order valence-corrected chi connectivity index (χ3v) is 3.50. The van der Waals surface area contributed by atoms with Gasteiger partial charge in [0.25, 0.3) is 5.23 Å². The van der Waals surface area contributed by atoms with Gasteiger partial charge in [-0.1, -0.05) is 6.92 Å². The van der Waals surface area contributed by atoms with E-state index < -0.39 is 6.09 Å². The quantitative estimate of drug-likeness (QED) is 0.803. The molecule has 5 nitrogen and oxygen atoms in total. The minimum absolute atomic E-state index is 0.0442. The van der Waals surface area contributed by atoms with Crippen molar-refractivity contribution in [3.8, 4) is 0 Å². The van der Waals surface area contributed by atoms with Crippen LogP contribution in [0, 0.1) is 0 Å². The third kappa shape index (κ3) is 2.89. The Morgan fingerprint density at radius 2 is 2.62 bits per heavy atom. The van der Waals surface area contributed by atoms with Crippen LogP contribution in [0.15, 0.2) is 4.99 Å². The molecule has 1 amide bonds. The number of nitrogens with one attached hydrogen (secondary N) is 1. The first kappa shape index (κ1) is 11.7. The van der Waals surface area contributed by atoms with Crippen molar-refractivity contribution in [1.29, 1.82) is 0 Å². The Kier molecular flexibility index (Phi) is 4.06. The highest BCUT2D eigenvalue weighted by atomic mass is 32.2. The molecule has 0 saturated carbocycles. The topological polar surface area (TPSA) is 59.9 Å². The van der Waals surface area contributed by atoms with Gasteiger partial charge in [0.1, 0.15) is 5.44 Å². The van der Waals surface area contributed by atoms with Crippen LogP contribution < -0.4 is 5.32 Å². The molecule has 0 radical (unpaired) electrons. The number of fused-ring (bicyclic) bond motifs is 1. The van der Waals surface area contributed by atoms with E-state index in [1.165, 1.54) is 11.8 Å². The highest BCUT2D eigenvalue weighted by Crippen LogP contribution is 2.33. The summed E-state index contributed by atoms with van der Waals surface area (Å²) >= 11 is 1.40. The average Bonchev–Trinajstić information content (AvgIpc) is 2.68. The number of hydrogen-bond donors (Lipinski definition) is 1. The molecule has 2 unspecified atom stereocenters. The maximum absolute atomic E-state index is 11.3. The molecule has 90 valence electrons. The molecule has 6 heteroatoms. The highest BCUT2D eigenvalue weighted by Gasteiger charge is 2.35. The summed E-state index contributed by atoms with van der Waals surface area (Å²) in [4.78, 5) is 15.6. The number of carbonyl (C=O) groups excluding carboxylic acids is 1. The lowest BCUT2D eigenvalue weighted by molar-refractivity contribution is 0.0614. The van der Waals surface area contributed by atoms with Crippen LogP contribution >= 0.6 is 11.8 Å². The summed E-state index contributed by atoms with van der Waals surface area (Å²) in [5, 5.41) is 3.08. The first-order chi connectivity index (χ1) is 7.79. The predicted molar refractivity (Wildman–Crippen MR) is 62.6 cm³/mol. The van der Waals surface area contributed by atoms with Crippen LogP contribution in [-0.2, 0) is 9.47 Å². The Balaban J connectivity index is 1.80. The van der Waals surface area contributed by atoms with Gasteiger partial charge in [0.15, 0.2) is 0 Å². The molecule has 0 aliphatic carbocycles. The van der Waals surface area contributed by atoms with Crippen molar-refractivity contribution in [2.24, 2.45) is 4.99 Å². The molecule has 0 aromatic heterocycles. The van der Waals surface area contributed by atoms with Crippen molar-refractivity contribution in [2.45, 2.75) is 37.7 Å². The molecule has 16 heavy (non-hydrogen) atoms. The Hall–Kier alpha value is -0.750. The van der Waals surface area contributed by atoms with Crippen molar-refractivity contribution < 1.29 is 14.3 Å². The molecule has 2 aliphatic rings. The van der Waals surface area contributed by atoms with Crippen molar-refractivity contribution in [2.75, 3.05) is 13.2 Å². The van der Waals surface area contributed by atoms with Gasteiger partial charge in [0, 0.05) is 13.2 Å². The second kappa shape index (κ2) is 5.54. The number of thioether (sulfide) groups is 1. The minimum Gasteiger partial charge on any atom is -0.385 e. The smallest absolute Gasteiger partial charge is 0.385 e. The van der Waals surface area contributed by atoms with E-state index >= 15 is 0 Å². The van der Waals surface area contributed by atoms with E-state index in [0.717, 1.165) is 25.9 Å². The molecule has 2 rings (SSSR count). The van der Waals surface area contributed by atoms with Crippen LogP contribution in [0.25, 0.3) is 0 Å². The van der Waals surface area contributed by atoms with Gasteiger partial charge < -0.3 is 14.8 Å². The lowest BCUT2D eigenvalue weighted by Gasteiger charge is -2.22. The van der Waals surface area contributed by atoms with Crippen LogP contribution in [0.4, 0.5) is 4.79 Å². The number of alkyl carbamates (subject to hydrolysis) is 1. The fourth-order valence-electron chi connectivity index (χ4n) is 1.64. The van der Waals surface area contributed by atoms with Gasteiger partial charge in [-0.25, -0.2) is 9.79 Å². The van der Waals surface area contributed by atoms with Crippen molar-refractivity contribution in [3.05, 3.63) is 0 Å². The first-order valence-corrected chi connectivity index (χ1v) is 6.49. The highest BCUT2D eigenvalue weighted by molar-refractivity contribution is 8.14. The van der Waals surface area contributed by atoms with Crippen LogP contribution in [0.3, 0.4) is 0 Å². The summed E-state index contributed by atoms with van der Waals surface area (Å²) < 4.78 is 10.6. The monoisotopic (exact) mass is 244 g/mol. The van der Waals surface area contributed by atoms with Crippen LogP contribution in [0.5, 0.6) is 0 Å². The van der Waals surface area contributed by atoms with Crippen LogP contribution in [-0.4, -0.2) is 36.0 Å². The zero-order valence-electron chi connectivity index (χ0n) is 9.27. The lowest BCUT2D eigenvalue weighted by atomic mass is 10.1. The number of carbonyl (C=O) groups is 1. The molecule has 0 aromatic rings. The van der Waals surface area contributed by atoms with Crippen molar-refractivity contribution in [3.63, 3.8) is 0 Å².